The van der Waals surface area contributed by atoms with Gasteiger partial charge in [0, 0.05) is 31.4 Å². The van der Waals surface area contributed by atoms with Crippen molar-refractivity contribution in [2.24, 2.45) is 5.73 Å². The molecule has 0 radical (unpaired) electrons. The molecule has 0 spiro atoms. The van der Waals surface area contributed by atoms with E-state index < -0.39 is 0 Å². The van der Waals surface area contributed by atoms with Gasteiger partial charge in [0.15, 0.2) is 0 Å². The maximum absolute atomic E-state index is 6.16. The van der Waals surface area contributed by atoms with Crippen LogP contribution in [0.2, 0.25) is 5.02 Å². The van der Waals surface area contributed by atoms with E-state index in [2.05, 4.69) is 36.2 Å². The van der Waals surface area contributed by atoms with E-state index in [0.29, 0.717) is 6.54 Å². The molecule has 1 aromatic heterocycles. The summed E-state index contributed by atoms with van der Waals surface area (Å²) >= 11 is 7.92. The molecule has 3 rings (SSSR count). The number of para-hydroxylation sites is 1. The molecule has 0 saturated heterocycles. The van der Waals surface area contributed by atoms with Crippen molar-refractivity contribution >= 4 is 34.3 Å². The van der Waals surface area contributed by atoms with Gasteiger partial charge in [0.25, 0.3) is 0 Å². The van der Waals surface area contributed by atoms with Crippen LogP contribution in [0.4, 0.5) is 0 Å². The number of benzene rings is 2. The Morgan fingerprint density at radius 2 is 2.00 bits per heavy atom. The summed E-state index contributed by atoms with van der Waals surface area (Å²) in [6, 6.07) is 14.4. The molecule has 0 atom stereocenters. The number of rotatable bonds is 4. The number of hydrogen-bond acceptors (Lipinski definition) is 2. The second-order valence-corrected chi connectivity index (χ2v) is 6.51. The van der Waals surface area contributed by atoms with Crippen LogP contribution < -0.4 is 5.73 Å². The van der Waals surface area contributed by atoms with Gasteiger partial charge in [-0.05, 0) is 43.7 Å². The molecule has 3 aromatic rings. The molecule has 21 heavy (non-hydrogen) atoms. The molecular weight excluding hydrogens is 300 g/mol. The van der Waals surface area contributed by atoms with Gasteiger partial charge in [0.1, 0.15) is 0 Å². The molecule has 0 aliphatic rings. The van der Waals surface area contributed by atoms with Crippen LogP contribution in [0.1, 0.15) is 11.3 Å². The Labute approximate surface area is 133 Å². The summed E-state index contributed by atoms with van der Waals surface area (Å²) in [6.07, 6.45) is 0.862. The summed E-state index contributed by atoms with van der Waals surface area (Å²) in [7, 11) is 0. The quantitative estimate of drug-likeness (QED) is 0.727. The summed E-state index contributed by atoms with van der Waals surface area (Å²) < 4.78 is 0. The molecule has 0 saturated carbocycles. The van der Waals surface area contributed by atoms with Crippen molar-refractivity contribution in [3.8, 4) is 0 Å². The zero-order valence-corrected chi connectivity index (χ0v) is 13.4. The zero-order valence-electron chi connectivity index (χ0n) is 11.8. The minimum Gasteiger partial charge on any atom is -0.358 e. The van der Waals surface area contributed by atoms with Crippen molar-refractivity contribution in [3.63, 3.8) is 0 Å². The molecule has 0 aliphatic heterocycles. The van der Waals surface area contributed by atoms with Gasteiger partial charge in [-0.25, -0.2) is 0 Å². The second-order valence-electron chi connectivity index (χ2n) is 5.02. The van der Waals surface area contributed by atoms with E-state index in [0.717, 1.165) is 11.4 Å². The fraction of sp³-hybridized carbons (Fsp3) is 0.176. The van der Waals surface area contributed by atoms with Crippen molar-refractivity contribution in [3.05, 3.63) is 58.7 Å². The molecule has 0 aliphatic carbocycles. The number of H-pyrrole nitrogens is 1. The van der Waals surface area contributed by atoms with Crippen LogP contribution in [0.15, 0.2) is 52.3 Å². The maximum atomic E-state index is 6.16. The van der Waals surface area contributed by atoms with Gasteiger partial charge >= 0.3 is 0 Å². The zero-order chi connectivity index (χ0) is 14.8. The number of aromatic nitrogens is 1. The highest BCUT2D eigenvalue weighted by atomic mass is 35.5. The monoisotopic (exact) mass is 316 g/mol. The number of halogens is 1. The number of aromatic amines is 1. The van der Waals surface area contributed by atoms with E-state index in [1.165, 1.54) is 32.0 Å². The van der Waals surface area contributed by atoms with Crippen molar-refractivity contribution in [2.75, 3.05) is 6.54 Å². The first-order chi connectivity index (χ1) is 10.2. The molecule has 0 unspecified atom stereocenters. The summed E-state index contributed by atoms with van der Waals surface area (Å²) in [5.74, 6) is 0. The summed E-state index contributed by atoms with van der Waals surface area (Å²) in [4.78, 5) is 5.87. The topological polar surface area (TPSA) is 41.8 Å². The van der Waals surface area contributed by atoms with E-state index in [1.807, 2.05) is 18.2 Å². The highest BCUT2D eigenvalue weighted by Gasteiger charge is 2.12. The predicted molar refractivity (Wildman–Crippen MR) is 91.4 cm³/mol. The van der Waals surface area contributed by atoms with Gasteiger partial charge in [0.2, 0.25) is 0 Å². The highest BCUT2D eigenvalue weighted by molar-refractivity contribution is 7.99. The summed E-state index contributed by atoms with van der Waals surface area (Å²) in [5.41, 5.74) is 9.31. The minimum atomic E-state index is 0.641. The van der Waals surface area contributed by atoms with Crippen molar-refractivity contribution in [1.82, 2.24) is 4.98 Å². The Balaban J connectivity index is 2.06. The predicted octanol–water partition coefficient (Wildman–Crippen LogP) is 4.78. The first kappa shape index (κ1) is 14.5. The van der Waals surface area contributed by atoms with E-state index in [9.17, 15) is 0 Å². The Bertz CT molecular complexity index is 780. The largest absolute Gasteiger partial charge is 0.358 e. The fourth-order valence-electron chi connectivity index (χ4n) is 2.48. The Morgan fingerprint density at radius 3 is 2.81 bits per heavy atom. The lowest BCUT2D eigenvalue weighted by Crippen LogP contribution is -2.03. The smallest absolute Gasteiger partial charge is 0.0467 e. The van der Waals surface area contributed by atoms with Crippen molar-refractivity contribution < 1.29 is 0 Å². The fourth-order valence-corrected chi connectivity index (χ4v) is 3.91. The van der Waals surface area contributed by atoms with Crippen LogP contribution in [0.25, 0.3) is 10.9 Å². The lowest BCUT2D eigenvalue weighted by molar-refractivity contribution is 0.944. The first-order valence-electron chi connectivity index (χ1n) is 6.92. The normalized spacial score (nSPS) is 11.2. The lowest BCUT2D eigenvalue weighted by Gasteiger charge is -2.09. The number of hydrogen-bond donors (Lipinski definition) is 2. The molecular formula is C17H17ClN2S. The Kier molecular flexibility index (Phi) is 4.24. The third-order valence-corrected chi connectivity index (χ3v) is 5.05. The first-order valence-corrected chi connectivity index (χ1v) is 8.12. The molecule has 0 fully saturated rings. The SMILES string of the molecule is Cc1[nH]c2ccccc2c1Sc1cc(Cl)ccc1CCN. The molecule has 0 amide bonds. The standard InChI is InChI=1S/C17H17ClN2S/c1-11-17(14-4-2-3-5-15(14)20-11)21-16-10-13(18)7-6-12(16)8-9-19/h2-7,10,20H,8-9,19H2,1H3. The molecule has 1 heterocycles. The van der Waals surface area contributed by atoms with Crippen LogP contribution in [-0.4, -0.2) is 11.5 Å². The van der Waals surface area contributed by atoms with Crippen LogP contribution in [0, 0.1) is 6.92 Å². The number of aryl methyl sites for hydroxylation is 1. The maximum Gasteiger partial charge on any atom is 0.0467 e. The van der Waals surface area contributed by atoms with E-state index >= 15 is 0 Å². The van der Waals surface area contributed by atoms with Crippen LogP contribution in [-0.2, 0) is 6.42 Å². The Hall–Kier alpha value is -1.42. The highest BCUT2D eigenvalue weighted by Crippen LogP contribution is 2.38. The van der Waals surface area contributed by atoms with Crippen LogP contribution in [0.5, 0.6) is 0 Å². The molecule has 108 valence electrons. The molecule has 2 aromatic carbocycles. The van der Waals surface area contributed by atoms with Crippen molar-refractivity contribution in [2.45, 2.75) is 23.1 Å². The van der Waals surface area contributed by atoms with E-state index in [-0.39, 0.29) is 0 Å². The van der Waals surface area contributed by atoms with Crippen LogP contribution >= 0.6 is 23.4 Å². The number of fused-ring (bicyclic) bond motifs is 1. The summed E-state index contributed by atoms with van der Waals surface area (Å²) in [5, 5.41) is 2.01. The van der Waals surface area contributed by atoms with Gasteiger partial charge in [-0.1, -0.05) is 47.6 Å². The van der Waals surface area contributed by atoms with Gasteiger partial charge in [0.05, 0.1) is 0 Å². The number of nitrogens with one attached hydrogen (secondary N) is 1. The average Bonchev–Trinajstić information content (AvgIpc) is 2.78. The van der Waals surface area contributed by atoms with Gasteiger partial charge in [-0.2, -0.15) is 0 Å². The minimum absolute atomic E-state index is 0.641. The van der Waals surface area contributed by atoms with Gasteiger partial charge in [-0.15, -0.1) is 0 Å². The number of nitrogens with two attached hydrogens (primary N) is 1. The van der Waals surface area contributed by atoms with Gasteiger partial charge < -0.3 is 10.7 Å². The Morgan fingerprint density at radius 1 is 1.19 bits per heavy atom. The van der Waals surface area contributed by atoms with Gasteiger partial charge in [-0.3, -0.25) is 0 Å². The molecule has 0 bridgehead atoms. The molecule has 2 nitrogen and oxygen atoms in total. The average molecular weight is 317 g/mol. The van der Waals surface area contributed by atoms with Crippen molar-refractivity contribution in [1.29, 1.82) is 0 Å². The molecule has 4 heteroatoms. The third kappa shape index (κ3) is 2.95. The van der Waals surface area contributed by atoms with Crippen LogP contribution in [0.3, 0.4) is 0 Å². The second kappa shape index (κ2) is 6.14. The van der Waals surface area contributed by atoms with E-state index in [4.69, 9.17) is 17.3 Å². The summed E-state index contributed by atoms with van der Waals surface area (Å²) in [6.45, 7) is 2.75. The third-order valence-electron chi connectivity index (χ3n) is 3.49. The molecule has 3 N–H and O–H groups in total. The van der Waals surface area contributed by atoms with E-state index in [1.54, 1.807) is 11.8 Å². The lowest BCUT2D eigenvalue weighted by atomic mass is 10.1.